The topological polar surface area (TPSA) is 71.5 Å². The highest BCUT2D eigenvalue weighted by Crippen LogP contribution is 2.29. The van der Waals surface area contributed by atoms with Crippen molar-refractivity contribution in [1.82, 2.24) is 9.88 Å². The first-order valence-electron chi connectivity index (χ1n) is 9.79. The molecular formula is C24H20ClN3O3S. The number of nitrogens with zero attached hydrogens (tertiary/aromatic N) is 2. The number of methoxy groups -OCH3 is 1. The minimum absolute atomic E-state index is 0.139. The van der Waals surface area contributed by atoms with E-state index in [0.29, 0.717) is 22.0 Å². The summed E-state index contributed by atoms with van der Waals surface area (Å²) in [5, 5.41) is 5.93. The fourth-order valence-electron chi connectivity index (χ4n) is 3.36. The average Bonchev–Trinajstić information content (AvgIpc) is 3.33. The Morgan fingerprint density at radius 1 is 1.12 bits per heavy atom. The number of pyridine rings is 1. The summed E-state index contributed by atoms with van der Waals surface area (Å²) in [4.78, 5) is 33.0. The summed E-state index contributed by atoms with van der Waals surface area (Å²) in [7, 11) is 3.10. The fraction of sp³-hybridized carbons (Fsp3) is 0.125. The van der Waals surface area contributed by atoms with E-state index >= 15 is 0 Å². The molecule has 2 amide bonds. The van der Waals surface area contributed by atoms with Gasteiger partial charge in [-0.2, -0.15) is 0 Å². The number of likely N-dealkylation sites (N-methyl/N-ethyl adjacent to an activating group) is 1. The number of carbonyl (C=O) groups is 2. The molecule has 0 bridgehead atoms. The number of hydrogen-bond donors (Lipinski definition) is 1. The van der Waals surface area contributed by atoms with Gasteiger partial charge in [0.25, 0.3) is 5.91 Å². The number of aromatic nitrogens is 1. The fourth-order valence-corrected chi connectivity index (χ4v) is 4.22. The average molecular weight is 466 g/mol. The van der Waals surface area contributed by atoms with Crippen LogP contribution in [-0.4, -0.2) is 42.4 Å². The molecular weight excluding hydrogens is 446 g/mol. The lowest BCUT2D eigenvalue weighted by molar-refractivity contribution is -0.116. The summed E-state index contributed by atoms with van der Waals surface area (Å²) in [5.74, 6) is -0.148. The van der Waals surface area contributed by atoms with E-state index in [1.54, 1.807) is 42.6 Å². The van der Waals surface area contributed by atoms with E-state index in [-0.39, 0.29) is 18.4 Å². The third-order valence-electron chi connectivity index (χ3n) is 4.88. The highest BCUT2D eigenvalue weighted by Gasteiger charge is 2.20. The molecule has 0 unspecified atom stereocenters. The van der Waals surface area contributed by atoms with Crippen molar-refractivity contribution in [3.05, 3.63) is 76.6 Å². The van der Waals surface area contributed by atoms with Crippen LogP contribution in [-0.2, 0) is 4.79 Å². The quantitative estimate of drug-likeness (QED) is 0.417. The van der Waals surface area contributed by atoms with Crippen molar-refractivity contribution >= 4 is 51.3 Å². The Morgan fingerprint density at radius 2 is 1.94 bits per heavy atom. The minimum Gasteiger partial charge on any atom is -0.495 e. The Morgan fingerprint density at radius 3 is 2.69 bits per heavy atom. The van der Waals surface area contributed by atoms with Crippen LogP contribution in [0.25, 0.3) is 21.5 Å². The molecule has 2 aromatic heterocycles. The van der Waals surface area contributed by atoms with Gasteiger partial charge in [-0.15, -0.1) is 11.3 Å². The van der Waals surface area contributed by atoms with Crippen molar-refractivity contribution in [2.75, 3.05) is 26.0 Å². The Labute approximate surface area is 194 Å². The first kappa shape index (κ1) is 21.8. The first-order valence-corrected chi connectivity index (χ1v) is 11.0. The van der Waals surface area contributed by atoms with Gasteiger partial charge in [-0.1, -0.05) is 35.9 Å². The molecule has 0 saturated heterocycles. The largest absolute Gasteiger partial charge is 0.495 e. The van der Waals surface area contributed by atoms with Gasteiger partial charge in [-0.25, -0.2) is 4.98 Å². The molecule has 0 fully saturated rings. The molecule has 2 aromatic carbocycles. The van der Waals surface area contributed by atoms with Crippen LogP contribution in [0.15, 0.2) is 66.0 Å². The van der Waals surface area contributed by atoms with Crippen molar-refractivity contribution in [3.63, 3.8) is 0 Å². The van der Waals surface area contributed by atoms with E-state index in [1.807, 2.05) is 41.8 Å². The lowest BCUT2D eigenvalue weighted by atomic mass is 10.1. The second kappa shape index (κ2) is 9.38. The van der Waals surface area contributed by atoms with Crippen molar-refractivity contribution in [2.45, 2.75) is 0 Å². The minimum atomic E-state index is -0.363. The van der Waals surface area contributed by atoms with Gasteiger partial charge in [0, 0.05) is 17.5 Å². The van der Waals surface area contributed by atoms with Crippen LogP contribution in [0, 0.1) is 0 Å². The number of para-hydroxylation sites is 1. The second-order valence-electron chi connectivity index (χ2n) is 7.10. The molecule has 4 rings (SSSR count). The molecule has 162 valence electrons. The smallest absolute Gasteiger partial charge is 0.254 e. The lowest BCUT2D eigenvalue weighted by Crippen LogP contribution is -2.35. The Bertz CT molecular complexity index is 1290. The van der Waals surface area contributed by atoms with E-state index < -0.39 is 0 Å². The standard InChI is InChI=1S/C24H20ClN3O3S/c1-28(14-23(29)27-19-12-15(25)9-10-21(19)31-2)24(30)17-13-20(22-8-5-11-32-22)26-18-7-4-3-6-16(17)18/h3-13H,14H2,1-2H3,(H,27,29). The van der Waals surface area contributed by atoms with Gasteiger partial charge in [-0.3, -0.25) is 9.59 Å². The molecule has 0 aliphatic rings. The molecule has 0 saturated carbocycles. The highest BCUT2D eigenvalue weighted by molar-refractivity contribution is 7.13. The number of hydrogen-bond acceptors (Lipinski definition) is 5. The summed E-state index contributed by atoms with van der Waals surface area (Å²) < 4.78 is 5.26. The van der Waals surface area contributed by atoms with E-state index in [1.165, 1.54) is 12.0 Å². The number of thiophene rings is 1. The van der Waals surface area contributed by atoms with Crippen LogP contribution in [0.5, 0.6) is 5.75 Å². The Kier molecular flexibility index (Phi) is 6.39. The molecule has 0 spiro atoms. The maximum absolute atomic E-state index is 13.3. The molecule has 4 aromatic rings. The zero-order valence-corrected chi connectivity index (χ0v) is 19.0. The van der Waals surface area contributed by atoms with Crippen LogP contribution < -0.4 is 10.1 Å². The predicted molar refractivity (Wildman–Crippen MR) is 129 cm³/mol. The highest BCUT2D eigenvalue weighted by atomic mass is 35.5. The molecule has 0 aliphatic carbocycles. The van der Waals surface area contributed by atoms with Crippen LogP contribution in [0.3, 0.4) is 0 Å². The maximum atomic E-state index is 13.3. The molecule has 8 heteroatoms. The van der Waals surface area contributed by atoms with Crippen molar-refractivity contribution in [1.29, 1.82) is 0 Å². The SMILES string of the molecule is COc1ccc(Cl)cc1NC(=O)CN(C)C(=O)c1cc(-c2cccs2)nc2ccccc12. The molecule has 1 N–H and O–H groups in total. The number of rotatable bonds is 6. The zero-order chi connectivity index (χ0) is 22.7. The predicted octanol–water partition coefficient (Wildman–Crippen LogP) is 5.34. The molecule has 32 heavy (non-hydrogen) atoms. The normalized spacial score (nSPS) is 10.7. The molecule has 2 heterocycles. The van der Waals surface area contributed by atoms with Crippen LogP contribution in [0.2, 0.25) is 5.02 Å². The van der Waals surface area contributed by atoms with Crippen molar-refractivity contribution in [2.24, 2.45) is 0 Å². The summed E-state index contributed by atoms with van der Waals surface area (Å²) in [6, 6.07) is 18.1. The van der Waals surface area contributed by atoms with E-state index in [4.69, 9.17) is 21.3 Å². The van der Waals surface area contributed by atoms with Crippen LogP contribution in [0.4, 0.5) is 5.69 Å². The van der Waals surface area contributed by atoms with Crippen molar-refractivity contribution in [3.8, 4) is 16.3 Å². The van der Waals surface area contributed by atoms with Crippen LogP contribution >= 0.6 is 22.9 Å². The number of ether oxygens (including phenoxy) is 1. The number of fused-ring (bicyclic) bond motifs is 1. The third kappa shape index (κ3) is 4.59. The van der Waals surface area contributed by atoms with Gasteiger partial charge >= 0.3 is 0 Å². The van der Waals surface area contributed by atoms with E-state index in [2.05, 4.69) is 5.32 Å². The lowest BCUT2D eigenvalue weighted by Gasteiger charge is -2.19. The molecule has 0 atom stereocenters. The number of halogens is 1. The summed E-state index contributed by atoms with van der Waals surface area (Å²) in [6.07, 6.45) is 0. The van der Waals surface area contributed by atoms with E-state index in [9.17, 15) is 9.59 Å². The Hall–Kier alpha value is -3.42. The zero-order valence-electron chi connectivity index (χ0n) is 17.5. The maximum Gasteiger partial charge on any atom is 0.254 e. The summed E-state index contributed by atoms with van der Waals surface area (Å²) >= 11 is 7.59. The Balaban J connectivity index is 1.59. The van der Waals surface area contributed by atoms with Gasteiger partial charge in [-0.05, 0) is 41.8 Å². The number of amides is 2. The third-order valence-corrected chi connectivity index (χ3v) is 6.01. The monoisotopic (exact) mass is 465 g/mol. The second-order valence-corrected chi connectivity index (χ2v) is 8.49. The number of benzene rings is 2. The van der Waals surface area contributed by atoms with Crippen LogP contribution in [0.1, 0.15) is 10.4 Å². The van der Waals surface area contributed by atoms with Gasteiger partial charge in [0.2, 0.25) is 5.91 Å². The number of anilines is 1. The number of nitrogens with one attached hydrogen (secondary N) is 1. The van der Waals surface area contributed by atoms with Crippen molar-refractivity contribution < 1.29 is 14.3 Å². The summed E-state index contributed by atoms with van der Waals surface area (Å²) in [6.45, 7) is -0.139. The van der Waals surface area contributed by atoms with Gasteiger partial charge in [0.15, 0.2) is 0 Å². The van der Waals surface area contributed by atoms with Gasteiger partial charge < -0.3 is 15.0 Å². The molecule has 0 aliphatic heterocycles. The van der Waals surface area contributed by atoms with Gasteiger partial charge in [0.1, 0.15) is 5.75 Å². The molecule has 6 nitrogen and oxygen atoms in total. The summed E-state index contributed by atoms with van der Waals surface area (Å²) in [5.41, 5.74) is 2.39. The molecule has 0 radical (unpaired) electrons. The first-order chi connectivity index (χ1) is 15.5. The van der Waals surface area contributed by atoms with Gasteiger partial charge in [0.05, 0.1) is 41.0 Å². The van der Waals surface area contributed by atoms with E-state index in [0.717, 1.165) is 21.5 Å². The number of carbonyl (C=O) groups excluding carboxylic acids is 2.